The Bertz CT molecular complexity index is 197. The van der Waals surface area contributed by atoms with Crippen LogP contribution in [0.25, 0.3) is 0 Å². The van der Waals surface area contributed by atoms with Crippen molar-refractivity contribution in [1.82, 2.24) is 5.32 Å². The second-order valence-electron chi connectivity index (χ2n) is 6.57. The van der Waals surface area contributed by atoms with E-state index in [1.807, 2.05) is 0 Å². The molecule has 0 saturated heterocycles. The second kappa shape index (κ2) is 7.38. The van der Waals surface area contributed by atoms with Gasteiger partial charge in [0.25, 0.3) is 0 Å². The molecule has 102 valence electrons. The van der Waals surface area contributed by atoms with E-state index in [0.29, 0.717) is 5.41 Å². The molecule has 0 aliphatic heterocycles. The van der Waals surface area contributed by atoms with Gasteiger partial charge in [0, 0.05) is 19.8 Å². The van der Waals surface area contributed by atoms with Gasteiger partial charge in [0.1, 0.15) is 0 Å². The standard InChI is InChI=1S/C15H31NO/c1-13(2)5-9-17-10-8-15(6-7-15)12-16-11-14(3)4/h13-14,16H,5-12H2,1-4H3. The smallest absolute Gasteiger partial charge is 0.0471 e. The van der Waals surface area contributed by atoms with Crippen molar-refractivity contribution in [3.8, 4) is 0 Å². The van der Waals surface area contributed by atoms with E-state index in [4.69, 9.17) is 4.74 Å². The van der Waals surface area contributed by atoms with E-state index in [1.165, 1.54) is 32.2 Å². The zero-order valence-electron chi connectivity index (χ0n) is 12.2. The summed E-state index contributed by atoms with van der Waals surface area (Å²) in [5.74, 6) is 1.52. The molecule has 1 rings (SSSR count). The molecule has 0 aromatic carbocycles. The summed E-state index contributed by atoms with van der Waals surface area (Å²) in [6.45, 7) is 13.3. The van der Waals surface area contributed by atoms with Gasteiger partial charge in [-0.25, -0.2) is 0 Å². The second-order valence-corrected chi connectivity index (χ2v) is 6.57. The van der Waals surface area contributed by atoms with Gasteiger partial charge in [0.2, 0.25) is 0 Å². The van der Waals surface area contributed by atoms with Crippen LogP contribution in [0.4, 0.5) is 0 Å². The average Bonchev–Trinajstić information content (AvgIpc) is 2.97. The van der Waals surface area contributed by atoms with Crippen LogP contribution < -0.4 is 5.32 Å². The minimum absolute atomic E-state index is 0.590. The summed E-state index contributed by atoms with van der Waals surface area (Å²) >= 11 is 0. The van der Waals surface area contributed by atoms with Crippen LogP contribution >= 0.6 is 0 Å². The molecule has 0 aromatic rings. The molecule has 1 saturated carbocycles. The third kappa shape index (κ3) is 7.05. The maximum atomic E-state index is 5.72. The van der Waals surface area contributed by atoms with Gasteiger partial charge in [-0.2, -0.15) is 0 Å². The van der Waals surface area contributed by atoms with E-state index in [-0.39, 0.29) is 0 Å². The van der Waals surface area contributed by atoms with Gasteiger partial charge in [-0.05, 0) is 49.5 Å². The number of hydrogen-bond donors (Lipinski definition) is 1. The van der Waals surface area contributed by atoms with Crippen molar-refractivity contribution >= 4 is 0 Å². The molecule has 0 radical (unpaired) electrons. The Labute approximate surface area is 108 Å². The van der Waals surface area contributed by atoms with Crippen LogP contribution in [-0.2, 0) is 4.74 Å². The highest BCUT2D eigenvalue weighted by atomic mass is 16.5. The molecule has 0 bridgehead atoms. The summed E-state index contributed by atoms with van der Waals surface area (Å²) < 4.78 is 5.72. The van der Waals surface area contributed by atoms with Crippen LogP contribution in [0.15, 0.2) is 0 Å². The predicted octanol–water partition coefficient (Wildman–Crippen LogP) is 3.47. The molecule has 2 heteroatoms. The minimum atomic E-state index is 0.590. The van der Waals surface area contributed by atoms with Gasteiger partial charge in [-0.3, -0.25) is 0 Å². The fourth-order valence-corrected chi connectivity index (χ4v) is 2.03. The van der Waals surface area contributed by atoms with Crippen molar-refractivity contribution in [1.29, 1.82) is 0 Å². The summed E-state index contributed by atoms with van der Waals surface area (Å²) in [4.78, 5) is 0. The van der Waals surface area contributed by atoms with Crippen LogP contribution in [-0.4, -0.2) is 26.3 Å². The molecule has 0 amide bonds. The lowest BCUT2D eigenvalue weighted by molar-refractivity contribution is 0.107. The molecule has 1 N–H and O–H groups in total. The largest absolute Gasteiger partial charge is 0.381 e. The van der Waals surface area contributed by atoms with E-state index in [2.05, 4.69) is 33.0 Å². The first-order chi connectivity index (χ1) is 8.04. The van der Waals surface area contributed by atoms with Crippen LogP contribution in [0.3, 0.4) is 0 Å². The van der Waals surface area contributed by atoms with E-state index in [1.54, 1.807) is 0 Å². The zero-order chi connectivity index (χ0) is 12.7. The summed E-state index contributed by atoms with van der Waals surface area (Å²) in [6, 6.07) is 0. The van der Waals surface area contributed by atoms with Crippen molar-refractivity contribution in [3.63, 3.8) is 0 Å². The molecule has 1 fully saturated rings. The van der Waals surface area contributed by atoms with Gasteiger partial charge in [-0.15, -0.1) is 0 Å². The maximum absolute atomic E-state index is 5.72. The summed E-state index contributed by atoms with van der Waals surface area (Å²) in [6.07, 6.45) is 5.23. The third-order valence-corrected chi connectivity index (χ3v) is 3.63. The van der Waals surface area contributed by atoms with E-state index in [9.17, 15) is 0 Å². The fraction of sp³-hybridized carbons (Fsp3) is 1.00. The first-order valence-corrected chi connectivity index (χ1v) is 7.32. The highest BCUT2D eigenvalue weighted by Gasteiger charge is 2.41. The Morgan fingerprint density at radius 1 is 1.06 bits per heavy atom. The molecule has 17 heavy (non-hydrogen) atoms. The van der Waals surface area contributed by atoms with Crippen molar-refractivity contribution in [2.24, 2.45) is 17.3 Å². The van der Waals surface area contributed by atoms with Crippen molar-refractivity contribution in [2.75, 3.05) is 26.3 Å². The van der Waals surface area contributed by atoms with Gasteiger partial charge >= 0.3 is 0 Å². The Balaban J connectivity index is 1.98. The first-order valence-electron chi connectivity index (χ1n) is 7.32. The predicted molar refractivity (Wildman–Crippen MR) is 74.3 cm³/mol. The lowest BCUT2D eigenvalue weighted by Gasteiger charge is -2.17. The summed E-state index contributed by atoms with van der Waals surface area (Å²) in [7, 11) is 0. The fourth-order valence-electron chi connectivity index (χ4n) is 2.03. The first kappa shape index (κ1) is 15.0. The Morgan fingerprint density at radius 2 is 1.76 bits per heavy atom. The van der Waals surface area contributed by atoms with Crippen LogP contribution in [0, 0.1) is 17.3 Å². The lowest BCUT2D eigenvalue weighted by Crippen LogP contribution is -2.28. The molecule has 2 nitrogen and oxygen atoms in total. The van der Waals surface area contributed by atoms with Crippen LogP contribution in [0.1, 0.15) is 53.4 Å². The average molecular weight is 241 g/mol. The number of hydrogen-bond acceptors (Lipinski definition) is 2. The minimum Gasteiger partial charge on any atom is -0.381 e. The van der Waals surface area contributed by atoms with Crippen molar-refractivity contribution in [3.05, 3.63) is 0 Å². The van der Waals surface area contributed by atoms with E-state index >= 15 is 0 Å². The van der Waals surface area contributed by atoms with Gasteiger partial charge in [-0.1, -0.05) is 27.7 Å². The quantitative estimate of drug-likeness (QED) is 0.591. The highest BCUT2D eigenvalue weighted by Crippen LogP contribution is 2.48. The summed E-state index contributed by atoms with van der Waals surface area (Å²) in [5.41, 5.74) is 0.590. The molecule has 0 spiro atoms. The molecule has 0 heterocycles. The topological polar surface area (TPSA) is 21.3 Å². The lowest BCUT2D eigenvalue weighted by atomic mass is 10.0. The van der Waals surface area contributed by atoms with E-state index in [0.717, 1.165) is 31.6 Å². The molecular weight excluding hydrogens is 210 g/mol. The monoisotopic (exact) mass is 241 g/mol. The van der Waals surface area contributed by atoms with Gasteiger partial charge in [0.15, 0.2) is 0 Å². The normalized spacial score (nSPS) is 18.0. The Hall–Kier alpha value is -0.0800. The Kier molecular flexibility index (Phi) is 6.50. The van der Waals surface area contributed by atoms with Gasteiger partial charge < -0.3 is 10.1 Å². The van der Waals surface area contributed by atoms with Crippen LogP contribution in [0.5, 0.6) is 0 Å². The number of rotatable bonds is 10. The molecule has 1 aliphatic carbocycles. The molecule has 0 unspecified atom stereocenters. The maximum Gasteiger partial charge on any atom is 0.0471 e. The van der Waals surface area contributed by atoms with Crippen molar-refractivity contribution in [2.45, 2.75) is 53.4 Å². The third-order valence-electron chi connectivity index (χ3n) is 3.63. The summed E-state index contributed by atoms with van der Waals surface area (Å²) in [5, 5.41) is 3.59. The molecular formula is C15H31NO. The van der Waals surface area contributed by atoms with Crippen LogP contribution in [0.2, 0.25) is 0 Å². The number of ether oxygens (including phenoxy) is 1. The number of nitrogens with one attached hydrogen (secondary N) is 1. The molecule has 0 atom stereocenters. The molecule has 1 aliphatic rings. The molecule has 0 aromatic heterocycles. The Morgan fingerprint density at radius 3 is 2.29 bits per heavy atom. The zero-order valence-corrected chi connectivity index (χ0v) is 12.2. The van der Waals surface area contributed by atoms with Crippen molar-refractivity contribution < 1.29 is 4.74 Å². The van der Waals surface area contributed by atoms with E-state index < -0.39 is 0 Å². The highest BCUT2D eigenvalue weighted by molar-refractivity contribution is 4.94. The SMILES string of the molecule is CC(C)CCOCCC1(CNCC(C)C)CC1. The van der Waals surface area contributed by atoms with Gasteiger partial charge in [0.05, 0.1) is 0 Å².